The monoisotopic (exact) mass is 312 g/mol. The van der Waals surface area contributed by atoms with Crippen molar-refractivity contribution < 1.29 is 13.5 Å². The lowest BCUT2D eigenvalue weighted by Gasteiger charge is -2.12. The van der Waals surface area contributed by atoms with E-state index in [1.165, 1.54) is 6.07 Å². The molecule has 0 fully saturated rings. The van der Waals surface area contributed by atoms with Gasteiger partial charge in [0.15, 0.2) is 0 Å². The van der Waals surface area contributed by atoms with Crippen molar-refractivity contribution >= 4 is 11.0 Å². The second-order valence-corrected chi connectivity index (χ2v) is 5.58. The van der Waals surface area contributed by atoms with E-state index < -0.39 is 0 Å². The average Bonchev–Trinajstić information content (AvgIpc) is 2.54. The Balaban J connectivity index is 2.00. The molecule has 0 N–H and O–H groups in total. The number of aryl methyl sites for hydroxylation is 2. The summed E-state index contributed by atoms with van der Waals surface area (Å²) in [6, 6.07) is 10.2. The van der Waals surface area contributed by atoms with Crippen LogP contribution in [0.5, 0.6) is 5.75 Å². The van der Waals surface area contributed by atoms with Gasteiger partial charge < -0.3 is 9.15 Å². The van der Waals surface area contributed by atoms with Crippen molar-refractivity contribution in [3.05, 3.63) is 74.9 Å². The molecule has 0 aliphatic carbocycles. The van der Waals surface area contributed by atoms with Crippen LogP contribution in [0.15, 0.2) is 45.6 Å². The fourth-order valence-corrected chi connectivity index (χ4v) is 2.55. The predicted octanol–water partition coefficient (Wildman–Crippen LogP) is 4.44. The van der Waals surface area contributed by atoms with Crippen LogP contribution in [0.2, 0.25) is 0 Å². The summed E-state index contributed by atoms with van der Waals surface area (Å²) in [7, 11) is 0. The normalized spacial score (nSPS) is 11.0. The van der Waals surface area contributed by atoms with E-state index in [0.29, 0.717) is 22.5 Å². The molecule has 0 unspecified atom stereocenters. The highest BCUT2D eigenvalue weighted by Crippen LogP contribution is 2.29. The Labute approximate surface area is 133 Å². The molecule has 0 atom stereocenters. The molecule has 0 bridgehead atoms. The van der Waals surface area contributed by atoms with Crippen LogP contribution in [0, 0.1) is 26.6 Å². The van der Waals surface area contributed by atoms with E-state index in [1.54, 1.807) is 25.1 Å². The molecule has 1 aromatic heterocycles. The van der Waals surface area contributed by atoms with Crippen LogP contribution in [0.4, 0.5) is 4.39 Å². The van der Waals surface area contributed by atoms with Crippen molar-refractivity contribution in [2.75, 3.05) is 0 Å². The van der Waals surface area contributed by atoms with Gasteiger partial charge in [-0.25, -0.2) is 9.18 Å². The zero-order valence-electron chi connectivity index (χ0n) is 13.3. The van der Waals surface area contributed by atoms with Gasteiger partial charge in [-0.05, 0) is 44.5 Å². The molecule has 0 aliphatic heterocycles. The molecule has 0 saturated carbocycles. The zero-order valence-corrected chi connectivity index (χ0v) is 13.3. The van der Waals surface area contributed by atoms with Crippen LogP contribution in [-0.2, 0) is 6.61 Å². The van der Waals surface area contributed by atoms with E-state index in [4.69, 9.17) is 9.15 Å². The Morgan fingerprint density at radius 2 is 1.74 bits per heavy atom. The maximum atomic E-state index is 13.7. The third-order valence-corrected chi connectivity index (χ3v) is 4.16. The molecule has 1 heterocycles. The van der Waals surface area contributed by atoms with Crippen LogP contribution in [0.1, 0.15) is 22.3 Å². The number of benzene rings is 2. The van der Waals surface area contributed by atoms with Gasteiger partial charge in [0.1, 0.15) is 23.8 Å². The van der Waals surface area contributed by atoms with Crippen molar-refractivity contribution in [3.8, 4) is 5.75 Å². The highest BCUT2D eigenvalue weighted by atomic mass is 19.1. The zero-order chi connectivity index (χ0) is 16.6. The summed E-state index contributed by atoms with van der Waals surface area (Å²) in [5, 5.41) is 0.887. The molecule has 0 spiro atoms. The van der Waals surface area contributed by atoms with Gasteiger partial charge >= 0.3 is 5.63 Å². The topological polar surface area (TPSA) is 39.4 Å². The lowest BCUT2D eigenvalue weighted by atomic mass is 10.0. The second-order valence-electron chi connectivity index (χ2n) is 5.58. The quantitative estimate of drug-likeness (QED) is 0.671. The number of hydrogen-bond acceptors (Lipinski definition) is 3. The van der Waals surface area contributed by atoms with Gasteiger partial charge in [0.05, 0.1) is 0 Å². The van der Waals surface area contributed by atoms with E-state index in [9.17, 15) is 9.18 Å². The highest BCUT2D eigenvalue weighted by Gasteiger charge is 2.13. The van der Waals surface area contributed by atoms with Gasteiger partial charge in [-0.3, -0.25) is 0 Å². The van der Waals surface area contributed by atoms with E-state index in [2.05, 4.69) is 0 Å². The largest absolute Gasteiger partial charge is 0.488 e. The van der Waals surface area contributed by atoms with Crippen molar-refractivity contribution in [2.24, 2.45) is 0 Å². The number of rotatable bonds is 3. The fourth-order valence-electron chi connectivity index (χ4n) is 2.55. The second kappa shape index (κ2) is 5.88. The Morgan fingerprint density at radius 3 is 2.48 bits per heavy atom. The lowest BCUT2D eigenvalue weighted by Crippen LogP contribution is -2.07. The van der Waals surface area contributed by atoms with Gasteiger partial charge in [0.2, 0.25) is 0 Å². The number of hydrogen-bond donors (Lipinski definition) is 0. The van der Waals surface area contributed by atoms with Crippen molar-refractivity contribution in [1.29, 1.82) is 0 Å². The molecule has 0 amide bonds. The van der Waals surface area contributed by atoms with E-state index in [-0.39, 0.29) is 18.0 Å². The minimum Gasteiger partial charge on any atom is -0.488 e. The summed E-state index contributed by atoms with van der Waals surface area (Å²) in [6.07, 6.45) is 0. The van der Waals surface area contributed by atoms with Gasteiger partial charge in [0.25, 0.3) is 0 Å². The Morgan fingerprint density at radius 1 is 1.00 bits per heavy atom. The van der Waals surface area contributed by atoms with E-state index in [0.717, 1.165) is 16.5 Å². The third-order valence-electron chi connectivity index (χ3n) is 4.16. The molecular formula is C19H17FO3. The maximum absolute atomic E-state index is 13.7. The van der Waals surface area contributed by atoms with Crippen LogP contribution in [0.25, 0.3) is 11.0 Å². The molecule has 0 saturated heterocycles. The van der Waals surface area contributed by atoms with Crippen LogP contribution in [0.3, 0.4) is 0 Å². The standard InChI is InChI=1S/C19H17FO3/c1-11-12(2)19(21)23-18-13(3)17(9-8-15(11)18)22-10-14-6-4-5-7-16(14)20/h4-9H,10H2,1-3H3. The van der Waals surface area contributed by atoms with Crippen molar-refractivity contribution in [2.45, 2.75) is 27.4 Å². The first-order valence-corrected chi connectivity index (χ1v) is 7.39. The minimum absolute atomic E-state index is 0.119. The van der Waals surface area contributed by atoms with Crippen LogP contribution in [-0.4, -0.2) is 0 Å². The summed E-state index contributed by atoms with van der Waals surface area (Å²) in [5.74, 6) is 0.274. The van der Waals surface area contributed by atoms with Gasteiger partial charge in [0, 0.05) is 22.1 Å². The number of fused-ring (bicyclic) bond motifs is 1. The SMILES string of the molecule is Cc1c(C)c2ccc(OCc3ccccc3F)c(C)c2oc1=O. The summed E-state index contributed by atoms with van der Waals surface area (Å²) >= 11 is 0. The van der Waals surface area contributed by atoms with Crippen molar-refractivity contribution in [3.63, 3.8) is 0 Å². The molecule has 4 heteroatoms. The molecule has 118 valence electrons. The van der Waals surface area contributed by atoms with Crippen LogP contribution < -0.4 is 10.4 Å². The van der Waals surface area contributed by atoms with Gasteiger partial charge in [-0.15, -0.1) is 0 Å². The molecule has 3 aromatic rings. The fraction of sp³-hybridized carbons (Fsp3) is 0.211. The molecular weight excluding hydrogens is 295 g/mol. The molecule has 0 aliphatic rings. The summed E-state index contributed by atoms with van der Waals surface area (Å²) in [6.45, 7) is 5.59. The van der Waals surface area contributed by atoms with Crippen molar-refractivity contribution in [1.82, 2.24) is 0 Å². The first-order valence-electron chi connectivity index (χ1n) is 7.39. The first-order chi connectivity index (χ1) is 11.0. The molecule has 0 radical (unpaired) electrons. The summed E-state index contributed by atoms with van der Waals surface area (Å²) < 4.78 is 24.8. The minimum atomic E-state index is -0.343. The first kappa shape index (κ1) is 15.3. The third kappa shape index (κ3) is 2.72. The smallest absolute Gasteiger partial charge is 0.339 e. The molecule has 23 heavy (non-hydrogen) atoms. The predicted molar refractivity (Wildman–Crippen MR) is 87.4 cm³/mol. The van der Waals surface area contributed by atoms with Gasteiger partial charge in [-0.1, -0.05) is 18.2 Å². The summed E-state index contributed by atoms with van der Waals surface area (Å²) in [4.78, 5) is 11.9. The maximum Gasteiger partial charge on any atom is 0.339 e. The van der Waals surface area contributed by atoms with Gasteiger partial charge in [-0.2, -0.15) is 0 Å². The molecule has 3 rings (SSSR count). The Kier molecular flexibility index (Phi) is 3.90. The Bertz CT molecular complexity index is 941. The highest BCUT2D eigenvalue weighted by molar-refractivity contribution is 5.85. The van der Waals surface area contributed by atoms with Crippen LogP contribution >= 0.6 is 0 Å². The lowest BCUT2D eigenvalue weighted by molar-refractivity contribution is 0.297. The number of ether oxygens (including phenoxy) is 1. The van der Waals surface area contributed by atoms with E-state index >= 15 is 0 Å². The summed E-state index contributed by atoms with van der Waals surface area (Å²) in [5.41, 5.74) is 2.90. The molecule has 2 aromatic carbocycles. The van der Waals surface area contributed by atoms with E-state index in [1.807, 2.05) is 26.0 Å². The average molecular weight is 312 g/mol. The number of halogens is 1. The molecule has 3 nitrogen and oxygen atoms in total. The Hall–Kier alpha value is -2.62.